The molecule has 1 saturated heterocycles. The molecule has 0 unspecified atom stereocenters. The summed E-state index contributed by atoms with van der Waals surface area (Å²) in [6.45, 7) is 2.43. The average Bonchev–Trinajstić information content (AvgIpc) is 2.95. The van der Waals surface area contributed by atoms with E-state index in [4.69, 9.17) is 4.42 Å². The van der Waals surface area contributed by atoms with E-state index in [0.29, 0.717) is 11.5 Å². The molecule has 2 aliphatic rings. The van der Waals surface area contributed by atoms with Crippen molar-refractivity contribution in [1.82, 2.24) is 9.88 Å². The number of benzene rings is 1. The van der Waals surface area contributed by atoms with Crippen LogP contribution in [-0.2, 0) is 0 Å². The fraction of sp³-hybridized carbons (Fsp3) is 0.611. The summed E-state index contributed by atoms with van der Waals surface area (Å²) in [5.41, 5.74) is 2.81. The maximum atomic E-state index is 11.3. The third-order valence-corrected chi connectivity index (χ3v) is 5.54. The Balaban J connectivity index is 1.44. The van der Waals surface area contributed by atoms with Gasteiger partial charge in [-0.25, -0.2) is 4.79 Å². The lowest BCUT2D eigenvalue weighted by Gasteiger charge is -2.39. The molecule has 0 atom stereocenters. The highest BCUT2D eigenvalue weighted by Gasteiger charge is 2.27. The van der Waals surface area contributed by atoms with E-state index in [1.54, 1.807) is 0 Å². The number of likely N-dealkylation sites (tertiary alicyclic amines) is 1. The molecule has 4 rings (SSSR count). The van der Waals surface area contributed by atoms with Gasteiger partial charge in [0.05, 0.1) is 5.52 Å². The molecule has 0 spiro atoms. The highest BCUT2D eigenvalue weighted by Crippen LogP contribution is 2.32. The first kappa shape index (κ1) is 14.1. The number of piperidine rings is 1. The molecule has 2 heterocycles. The summed E-state index contributed by atoms with van der Waals surface area (Å²) in [5, 5.41) is 0. The summed E-state index contributed by atoms with van der Waals surface area (Å²) in [6.07, 6.45) is 9.47. The SMILES string of the molecule is O=c1[nH]c2ccc(C3CCN(C4CCCCC4)CC3)cc2o1. The normalized spacial score (nSPS) is 22.4. The summed E-state index contributed by atoms with van der Waals surface area (Å²) in [6, 6.07) is 7.01. The first-order valence-corrected chi connectivity index (χ1v) is 8.66. The molecule has 4 nitrogen and oxygen atoms in total. The lowest BCUT2D eigenvalue weighted by molar-refractivity contribution is 0.122. The molecule has 1 aliphatic heterocycles. The van der Waals surface area contributed by atoms with Gasteiger partial charge in [0.2, 0.25) is 0 Å². The van der Waals surface area contributed by atoms with Crippen molar-refractivity contribution in [2.75, 3.05) is 13.1 Å². The number of hydrogen-bond donors (Lipinski definition) is 1. The molecule has 4 heteroatoms. The predicted molar refractivity (Wildman–Crippen MR) is 87.3 cm³/mol. The van der Waals surface area contributed by atoms with Gasteiger partial charge >= 0.3 is 5.76 Å². The van der Waals surface area contributed by atoms with Gasteiger partial charge in [0.15, 0.2) is 5.58 Å². The molecule has 1 N–H and O–H groups in total. The van der Waals surface area contributed by atoms with Crippen LogP contribution >= 0.6 is 0 Å². The predicted octanol–water partition coefficient (Wildman–Crippen LogP) is 3.63. The Kier molecular flexibility index (Phi) is 3.78. The van der Waals surface area contributed by atoms with Gasteiger partial charge in [0, 0.05) is 6.04 Å². The van der Waals surface area contributed by atoms with E-state index >= 15 is 0 Å². The number of fused-ring (bicyclic) bond motifs is 1. The lowest BCUT2D eigenvalue weighted by Crippen LogP contribution is -2.41. The molecule has 1 aromatic heterocycles. The van der Waals surface area contributed by atoms with Crippen LogP contribution in [0.3, 0.4) is 0 Å². The number of aromatic amines is 1. The van der Waals surface area contributed by atoms with Crippen molar-refractivity contribution >= 4 is 11.1 Å². The Hall–Kier alpha value is -1.55. The van der Waals surface area contributed by atoms with Gasteiger partial charge in [-0.05, 0) is 62.4 Å². The minimum absolute atomic E-state index is 0.362. The van der Waals surface area contributed by atoms with Gasteiger partial charge in [0.1, 0.15) is 0 Å². The van der Waals surface area contributed by atoms with E-state index in [9.17, 15) is 4.79 Å². The van der Waals surface area contributed by atoms with E-state index in [2.05, 4.69) is 16.0 Å². The van der Waals surface area contributed by atoms with Crippen molar-refractivity contribution in [3.05, 3.63) is 34.3 Å². The number of rotatable bonds is 2. The fourth-order valence-electron chi connectivity index (χ4n) is 4.26. The van der Waals surface area contributed by atoms with Crippen molar-refractivity contribution in [1.29, 1.82) is 0 Å². The third-order valence-electron chi connectivity index (χ3n) is 5.54. The highest BCUT2D eigenvalue weighted by molar-refractivity contribution is 5.72. The molecule has 0 bridgehead atoms. The number of hydrogen-bond acceptors (Lipinski definition) is 3. The van der Waals surface area contributed by atoms with E-state index in [0.717, 1.165) is 11.6 Å². The number of aromatic nitrogens is 1. The molecule has 1 aliphatic carbocycles. The van der Waals surface area contributed by atoms with Crippen LogP contribution in [0.15, 0.2) is 27.4 Å². The number of nitrogens with zero attached hydrogens (tertiary/aromatic N) is 1. The quantitative estimate of drug-likeness (QED) is 0.921. The molecular weight excluding hydrogens is 276 g/mol. The molecule has 0 amide bonds. The van der Waals surface area contributed by atoms with Crippen molar-refractivity contribution in [2.24, 2.45) is 0 Å². The molecular formula is C18H24N2O2. The minimum Gasteiger partial charge on any atom is -0.408 e. The maximum absolute atomic E-state index is 11.3. The van der Waals surface area contributed by atoms with E-state index in [1.165, 1.54) is 63.6 Å². The molecule has 22 heavy (non-hydrogen) atoms. The van der Waals surface area contributed by atoms with Crippen LogP contribution in [-0.4, -0.2) is 29.0 Å². The van der Waals surface area contributed by atoms with E-state index in [1.807, 2.05) is 12.1 Å². The molecule has 2 aromatic rings. The molecule has 1 saturated carbocycles. The maximum Gasteiger partial charge on any atom is 0.417 e. The Morgan fingerprint density at radius 2 is 1.82 bits per heavy atom. The van der Waals surface area contributed by atoms with Crippen LogP contribution < -0.4 is 5.76 Å². The van der Waals surface area contributed by atoms with Crippen LogP contribution in [0.5, 0.6) is 0 Å². The lowest BCUT2D eigenvalue weighted by atomic mass is 9.86. The zero-order valence-electron chi connectivity index (χ0n) is 13.0. The summed E-state index contributed by atoms with van der Waals surface area (Å²) in [5.74, 6) is 0.240. The van der Waals surface area contributed by atoms with Crippen LogP contribution in [0.2, 0.25) is 0 Å². The van der Waals surface area contributed by atoms with Crippen molar-refractivity contribution in [2.45, 2.75) is 56.9 Å². The smallest absolute Gasteiger partial charge is 0.408 e. The van der Waals surface area contributed by atoms with Gasteiger partial charge in [-0.3, -0.25) is 4.98 Å². The Morgan fingerprint density at radius 3 is 2.59 bits per heavy atom. The average molecular weight is 300 g/mol. The van der Waals surface area contributed by atoms with Crippen molar-refractivity contribution < 1.29 is 4.42 Å². The number of H-pyrrole nitrogens is 1. The second-order valence-electron chi connectivity index (χ2n) is 6.87. The largest absolute Gasteiger partial charge is 0.417 e. The van der Waals surface area contributed by atoms with Gasteiger partial charge in [0.25, 0.3) is 0 Å². The zero-order valence-corrected chi connectivity index (χ0v) is 13.0. The molecule has 1 aromatic carbocycles. The summed E-state index contributed by atoms with van der Waals surface area (Å²) in [7, 11) is 0. The summed E-state index contributed by atoms with van der Waals surface area (Å²) in [4.78, 5) is 16.7. The standard InChI is InChI=1S/C18H24N2O2/c21-18-19-16-7-6-14(12-17(16)22-18)13-8-10-20(11-9-13)15-4-2-1-3-5-15/h6-7,12-13,15H,1-5,8-11H2,(H,19,21). The van der Waals surface area contributed by atoms with E-state index < -0.39 is 0 Å². The molecule has 118 valence electrons. The first-order valence-electron chi connectivity index (χ1n) is 8.66. The first-order chi connectivity index (χ1) is 10.8. The highest BCUT2D eigenvalue weighted by atomic mass is 16.4. The number of nitrogens with one attached hydrogen (secondary N) is 1. The molecule has 2 fully saturated rings. The van der Waals surface area contributed by atoms with Gasteiger partial charge in [-0.1, -0.05) is 25.3 Å². The summed E-state index contributed by atoms with van der Waals surface area (Å²) < 4.78 is 5.19. The second kappa shape index (κ2) is 5.92. The Morgan fingerprint density at radius 1 is 1.05 bits per heavy atom. The van der Waals surface area contributed by atoms with Gasteiger partial charge < -0.3 is 9.32 Å². The van der Waals surface area contributed by atoms with Gasteiger partial charge in [-0.15, -0.1) is 0 Å². The number of oxazole rings is 1. The zero-order chi connectivity index (χ0) is 14.9. The van der Waals surface area contributed by atoms with E-state index in [-0.39, 0.29) is 5.76 Å². The van der Waals surface area contributed by atoms with Crippen LogP contribution in [0.1, 0.15) is 56.4 Å². The molecule has 0 radical (unpaired) electrons. The topological polar surface area (TPSA) is 49.2 Å². The fourth-order valence-corrected chi connectivity index (χ4v) is 4.26. The van der Waals surface area contributed by atoms with Crippen molar-refractivity contribution in [3.8, 4) is 0 Å². The van der Waals surface area contributed by atoms with Crippen molar-refractivity contribution in [3.63, 3.8) is 0 Å². The summed E-state index contributed by atoms with van der Waals surface area (Å²) >= 11 is 0. The van der Waals surface area contributed by atoms with Crippen LogP contribution in [0, 0.1) is 0 Å². The van der Waals surface area contributed by atoms with Crippen LogP contribution in [0.4, 0.5) is 0 Å². The Labute approximate surface area is 130 Å². The third kappa shape index (κ3) is 2.72. The minimum atomic E-state index is -0.362. The Bertz CT molecular complexity index is 688. The monoisotopic (exact) mass is 300 g/mol. The second-order valence-corrected chi connectivity index (χ2v) is 6.87. The van der Waals surface area contributed by atoms with Gasteiger partial charge in [-0.2, -0.15) is 0 Å². The van der Waals surface area contributed by atoms with Crippen LogP contribution in [0.25, 0.3) is 11.1 Å².